The average Bonchev–Trinajstić information content (AvgIpc) is 3.35. The van der Waals surface area contributed by atoms with Gasteiger partial charge >= 0.3 is 5.69 Å². The molecule has 0 amide bonds. The smallest absolute Gasteiger partial charge is 0.330 e. The number of likely N-dealkylation sites (tertiary alicyclic amines) is 1. The van der Waals surface area contributed by atoms with Gasteiger partial charge in [0.2, 0.25) is 0 Å². The van der Waals surface area contributed by atoms with E-state index in [-0.39, 0.29) is 19.1 Å². The fourth-order valence-electron chi connectivity index (χ4n) is 5.01. The third-order valence-corrected chi connectivity index (χ3v) is 6.73. The normalized spacial score (nSPS) is 24.8. The van der Waals surface area contributed by atoms with E-state index >= 15 is 0 Å². The number of guanidine groups is 1. The predicted octanol–water partition coefficient (Wildman–Crippen LogP) is 1.49. The van der Waals surface area contributed by atoms with Gasteiger partial charge in [-0.1, -0.05) is 60.7 Å². The zero-order valence-electron chi connectivity index (χ0n) is 19.9. The van der Waals surface area contributed by atoms with Crippen molar-refractivity contribution in [1.29, 1.82) is 5.41 Å². The number of rotatable bonds is 8. The third kappa shape index (κ3) is 4.46. The van der Waals surface area contributed by atoms with Gasteiger partial charge in [0.25, 0.3) is 5.56 Å². The van der Waals surface area contributed by atoms with E-state index in [1.807, 2.05) is 60.7 Å². The molecule has 10 nitrogen and oxygen atoms in total. The molecule has 0 aliphatic carbocycles. The molecule has 188 valence electrons. The molecular weight excluding hydrogens is 462 g/mol. The summed E-state index contributed by atoms with van der Waals surface area (Å²) in [6.07, 6.45) is 0.0748. The van der Waals surface area contributed by atoms with Crippen LogP contribution in [0.15, 0.2) is 76.4 Å². The van der Waals surface area contributed by atoms with Crippen LogP contribution in [0.1, 0.15) is 22.9 Å². The number of aromatic nitrogens is 2. The molecule has 2 aliphatic heterocycles. The molecule has 0 saturated carbocycles. The van der Waals surface area contributed by atoms with E-state index in [9.17, 15) is 9.59 Å². The van der Waals surface area contributed by atoms with Crippen LogP contribution < -0.4 is 17.0 Å². The highest BCUT2D eigenvalue weighted by atomic mass is 16.6. The molecule has 3 aromatic rings. The number of benzene rings is 2. The van der Waals surface area contributed by atoms with Gasteiger partial charge in [0.1, 0.15) is 17.7 Å². The maximum Gasteiger partial charge on any atom is 0.330 e. The van der Waals surface area contributed by atoms with Crippen molar-refractivity contribution in [3.05, 3.63) is 104 Å². The zero-order chi connectivity index (χ0) is 25.3. The summed E-state index contributed by atoms with van der Waals surface area (Å²) in [7, 11) is 0. The first-order valence-corrected chi connectivity index (χ1v) is 11.8. The number of nitrogens with one attached hydrogen (secondary N) is 2. The van der Waals surface area contributed by atoms with Crippen molar-refractivity contribution in [2.24, 2.45) is 5.73 Å². The van der Waals surface area contributed by atoms with Crippen molar-refractivity contribution < 1.29 is 14.2 Å². The Kier molecular flexibility index (Phi) is 6.48. The summed E-state index contributed by atoms with van der Waals surface area (Å²) in [4.78, 5) is 28.8. The van der Waals surface area contributed by atoms with Gasteiger partial charge in [-0.3, -0.25) is 19.8 Å². The monoisotopic (exact) mass is 491 g/mol. The Bertz CT molecular complexity index is 1340. The number of aryl methyl sites for hydroxylation is 1. The highest BCUT2D eigenvalue weighted by Gasteiger charge is 2.66. The molecular formula is C26H29N5O5. The number of H-pyrrole nitrogens is 1. The van der Waals surface area contributed by atoms with Crippen LogP contribution in [0.25, 0.3) is 0 Å². The second-order valence-corrected chi connectivity index (χ2v) is 9.25. The highest BCUT2D eigenvalue weighted by molar-refractivity contribution is 5.76. The molecule has 2 bridgehead atoms. The maximum atomic E-state index is 12.8. The van der Waals surface area contributed by atoms with Crippen LogP contribution in [0.5, 0.6) is 0 Å². The first kappa shape index (κ1) is 24.0. The molecule has 36 heavy (non-hydrogen) atoms. The standard InChI is InChI=1S/C26H29N5O5/c1-17-12-30(25(33)29-22(17)32)23-20-21(35-14-19-10-6-3-7-11-19)26(36-23,15-31(20)24(27)28)16-34-13-18-8-4-2-5-9-18/h2-12,20-21,23H,13-16H2,1H3,(H3,27,28)(H,29,32,33)/t20?,21?,23-,26-/m1/s1. The Morgan fingerprint density at radius 2 is 1.75 bits per heavy atom. The summed E-state index contributed by atoms with van der Waals surface area (Å²) in [5.74, 6) is -0.152. The van der Waals surface area contributed by atoms with Crippen LogP contribution in [0.3, 0.4) is 0 Å². The first-order chi connectivity index (χ1) is 17.4. The number of hydrogen-bond donors (Lipinski definition) is 3. The maximum absolute atomic E-state index is 12.8. The van der Waals surface area contributed by atoms with E-state index in [0.717, 1.165) is 11.1 Å². The van der Waals surface area contributed by atoms with E-state index in [2.05, 4.69) is 4.98 Å². The topological polar surface area (TPSA) is 136 Å². The van der Waals surface area contributed by atoms with E-state index in [1.54, 1.807) is 11.8 Å². The molecule has 0 spiro atoms. The molecule has 2 aromatic carbocycles. The lowest BCUT2D eigenvalue weighted by atomic mass is 10.00. The number of nitrogens with zero attached hydrogens (tertiary/aromatic N) is 2. The minimum Gasteiger partial charge on any atom is -0.374 e. The van der Waals surface area contributed by atoms with Crippen molar-refractivity contribution in [3.63, 3.8) is 0 Å². The molecule has 5 rings (SSSR count). The summed E-state index contributed by atoms with van der Waals surface area (Å²) in [6.45, 7) is 2.73. The van der Waals surface area contributed by atoms with E-state index in [1.165, 1.54) is 10.8 Å². The molecule has 1 aromatic heterocycles. The predicted molar refractivity (Wildman–Crippen MR) is 132 cm³/mol. The van der Waals surface area contributed by atoms with Gasteiger partial charge in [-0.05, 0) is 18.1 Å². The minimum absolute atomic E-state index is 0.152. The lowest BCUT2D eigenvalue weighted by molar-refractivity contribution is -0.165. The summed E-state index contributed by atoms with van der Waals surface area (Å²) in [5.41, 5.74) is 6.28. The highest BCUT2D eigenvalue weighted by Crippen LogP contribution is 2.48. The number of hydrogen-bond acceptors (Lipinski definition) is 6. The largest absolute Gasteiger partial charge is 0.374 e. The van der Waals surface area contributed by atoms with Gasteiger partial charge in [0, 0.05) is 11.8 Å². The van der Waals surface area contributed by atoms with Gasteiger partial charge in [0.15, 0.2) is 12.2 Å². The Hall–Kier alpha value is -3.73. The Balaban J connectivity index is 1.48. The van der Waals surface area contributed by atoms with Crippen LogP contribution in [0, 0.1) is 12.3 Å². The molecule has 4 atom stereocenters. The number of aromatic amines is 1. The van der Waals surface area contributed by atoms with Crippen LogP contribution in [-0.4, -0.2) is 51.3 Å². The van der Waals surface area contributed by atoms with Crippen LogP contribution in [0.4, 0.5) is 0 Å². The van der Waals surface area contributed by atoms with E-state index in [4.69, 9.17) is 25.4 Å². The molecule has 10 heteroatoms. The van der Waals surface area contributed by atoms with Crippen molar-refractivity contribution in [2.45, 2.75) is 44.1 Å². The van der Waals surface area contributed by atoms with Crippen LogP contribution in [-0.2, 0) is 27.4 Å². The van der Waals surface area contributed by atoms with Crippen molar-refractivity contribution in [2.75, 3.05) is 13.2 Å². The van der Waals surface area contributed by atoms with Gasteiger partial charge in [-0.25, -0.2) is 4.79 Å². The molecule has 2 fully saturated rings. The van der Waals surface area contributed by atoms with Gasteiger partial charge in [-0.15, -0.1) is 0 Å². The van der Waals surface area contributed by atoms with Gasteiger partial charge in [-0.2, -0.15) is 0 Å². The summed E-state index contributed by atoms with van der Waals surface area (Å²) in [6, 6.07) is 18.9. The lowest BCUT2D eigenvalue weighted by Crippen LogP contribution is -2.53. The minimum atomic E-state index is -0.992. The summed E-state index contributed by atoms with van der Waals surface area (Å²) >= 11 is 0. The van der Waals surface area contributed by atoms with Crippen LogP contribution >= 0.6 is 0 Å². The van der Waals surface area contributed by atoms with Crippen molar-refractivity contribution in [3.8, 4) is 0 Å². The van der Waals surface area contributed by atoms with Gasteiger partial charge < -0.3 is 24.8 Å². The first-order valence-electron chi connectivity index (χ1n) is 11.8. The second kappa shape index (κ2) is 9.73. The molecule has 2 saturated heterocycles. The molecule has 2 aliphatic rings. The van der Waals surface area contributed by atoms with Crippen molar-refractivity contribution >= 4 is 5.96 Å². The molecule has 0 radical (unpaired) electrons. The SMILES string of the molecule is Cc1cn([C@@H]2O[C@@]3(COCc4ccccc4)CN(C(=N)N)C2C3OCc2ccccc2)c(=O)[nH]c1=O. The number of fused-ring (bicyclic) bond motifs is 2. The number of nitrogens with two attached hydrogens (primary N) is 1. The Labute approximate surface area is 207 Å². The van der Waals surface area contributed by atoms with Crippen molar-refractivity contribution in [1.82, 2.24) is 14.5 Å². The fraction of sp³-hybridized carbons (Fsp3) is 0.346. The quantitative estimate of drug-likeness (QED) is 0.321. The average molecular weight is 492 g/mol. The summed E-state index contributed by atoms with van der Waals surface area (Å²) < 4.78 is 20.4. The fourth-order valence-corrected chi connectivity index (χ4v) is 5.01. The van der Waals surface area contributed by atoms with E-state index < -0.39 is 35.2 Å². The molecule has 3 heterocycles. The molecule has 4 N–H and O–H groups in total. The zero-order valence-corrected chi connectivity index (χ0v) is 19.9. The van der Waals surface area contributed by atoms with Crippen LogP contribution in [0.2, 0.25) is 0 Å². The number of ether oxygens (including phenoxy) is 3. The van der Waals surface area contributed by atoms with Gasteiger partial charge in [0.05, 0.1) is 26.4 Å². The summed E-state index contributed by atoms with van der Waals surface area (Å²) in [5, 5.41) is 8.22. The third-order valence-electron chi connectivity index (χ3n) is 6.73. The number of morpholine rings is 1. The molecule has 2 unspecified atom stereocenters. The van der Waals surface area contributed by atoms with E-state index in [0.29, 0.717) is 18.8 Å². The Morgan fingerprint density at radius 3 is 2.39 bits per heavy atom. The second-order valence-electron chi connectivity index (χ2n) is 9.25. The Morgan fingerprint density at radius 1 is 1.11 bits per heavy atom. The lowest BCUT2D eigenvalue weighted by Gasteiger charge is -2.37.